The first-order valence-corrected chi connectivity index (χ1v) is 6.17. The first kappa shape index (κ1) is 9.40. The van der Waals surface area contributed by atoms with Crippen molar-refractivity contribution in [3.63, 3.8) is 0 Å². The summed E-state index contributed by atoms with van der Waals surface area (Å²) in [5.41, 5.74) is 1.40. The van der Waals surface area contributed by atoms with Crippen molar-refractivity contribution in [1.82, 2.24) is 14.9 Å². The lowest BCUT2D eigenvalue weighted by Gasteiger charge is -2.13. The number of hydrogen-bond acceptors (Lipinski definition) is 2. The minimum atomic E-state index is 0.562. The Kier molecular flexibility index (Phi) is 2.49. The zero-order valence-electron chi connectivity index (χ0n) is 9.15. The first-order chi connectivity index (χ1) is 7.43. The Morgan fingerprint density at radius 1 is 1.40 bits per heavy atom. The van der Waals surface area contributed by atoms with Crippen LogP contribution in [-0.4, -0.2) is 16.1 Å². The number of rotatable bonds is 4. The molecule has 0 spiro atoms. The van der Waals surface area contributed by atoms with Crippen LogP contribution in [-0.2, 0) is 6.54 Å². The van der Waals surface area contributed by atoms with Crippen molar-refractivity contribution < 1.29 is 0 Å². The van der Waals surface area contributed by atoms with Gasteiger partial charge in [0.05, 0.1) is 12.0 Å². The molecule has 3 nitrogen and oxygen atoms in total. The fraction of sp³-hybridized carbons (Fsp3) is 0.750. The predicted octanol–water partition coefficient (Wildman–Crippen LogP) is 2.11. The van der Waals surface area contributed by atoms with Gasteiger partial charge in [0, 0.05) is 18.8 Å². The predicted molar refractivity (Wildman–Crippen MR) is 59.5 cm³/mol. The second kappa shape index (κ2) is 3.97. The maximum atomic E-state index is 4.29. The van der Waals surface area contributed by atoms with Gasteiger partial charge in [-0.2, -0.15) is 0 Å². The summed E-state index contributed by atoms with van der Waals surface area (Å²) < 4.78 is 2.35. The Hall–Kier alpha value is -0.830. The zero-order valence-corrected chi connectivity index (χ0v) is 9.15. The standard InChI is InChI=1S/C12H19N3/c1-2-11(14-6-1)12-8-13-9-15(12)7-5-10-3-4-10/h8-11,14H,1-7H2. The van der Waals surface area contributed by atoms with E-state index in [0.717, 1.165) is 12.5 Å². The van der Waals surface area contributed by atoms with Crippen LogP contribution >= 0.6 is 0 Å². The molecule has 1 aromatic heterocycles. The van der Waals surface area contributed by atoms with Crippen LogP contribution in [0.25, 0.3) is 0 Å². The summed E-state index contributed by atoms with van der Waals surface area (Å²) in [5, 5.41) is 3.54. The molecule has 2 aliphatic rings. The van der Waals surface area contributed by atoms with Gasteiger partial charge in [0.15, 0.2) is 0 Å². The number of nitrogens with zero attached hydrogens (tertiary/aromatic N) is 2. The Balaban J connectivity index is 1.67. The minimum Gasteiger partial charge on any atom is -0.333 e. The summed E-state index contributed by atoms with van der Waals surface area (Å²) >= 11 is 0. The van der Waals surface area contributed by atoms with Gasteiger partial charge in [-0.1, -0.05) is 12.8 Å². The molecule has 3 rings (SSSR count). The normalized spacial score (nSPS) is 26.0. The number of nitrogens with one attached hydrogen (secondary N) is 1. The van der Waals surface area contributed by atoms with E-state index in [0.29, 0.717) is 6.04 Å². The molecule has 1 unspecified atom stereocenters. The van der Waals surface area contributed by atoms with Crippen LogP contribution < -0.4 is 5.32 Å². The van der Waals surface area contributed by atoms with Gasteiger partial charge in [-0.05, 0) is 31.7 Å². The van der Waals surface area contributed by atoms with E-state index in [1.54, 1.807) is 0 Å². The third kappa shape index (κ3) is 2.07. The van der Waals surface area contributed by atoms with Crippen molar-refractivity contribution in [3.05, 3.63) is 18.2 Å². The second-order valence-corrected chi connectivity index (χ2v) is 4.89. The fourth-order valence-electron chi connectivity index (χ4n) is 2.47. The molecular weight excluding hydrogens is 186 g/mol. The van der Waals surface area contributed by atoms with Crippen LogP contribution in [0.2, 0.25) is 0 Å². The van der Waals surface area contributed by atoms with Gasteiger partial charge in [-0.15, -0.1) is 0 Å². The van der Waals surface area contributed by atoms with Crippen LogP contribution in [0.5, 0.6) is 0 Å². The van der Waals surface area contributed by atoms with Crippen molar-refractivity contribution in [1.29, 1.82) is 0 Å². The topological polar surface area (TPSA) is 29.9 Å². The van der Waals surface area contributed by atoms with E-state index in [4.69, 9.17) is 0 Å². The van der Waals surface area contributed by atoms with Crippen LogP contribution in [0.3, 0.4) is 0 Å². The van der Waals surface area contributed by atoms with E-state index in [-0.39, 0.29) is 0 Å². The quantitative estimate of drug-likeness (QED) is 0.816. The lowest BCUT2D eigenvalue weighted by atomic mass is 10.1. The Labute approximate surface area is 90.9 Å². The van der Waals surface area contributed by atoms with Crippen molar-refractivity contribution >= 4 is 0 Å². The summed E-state index contributed by atoms with van der Waals surface area (Å²) in [4.78, 5) is 4.29. The molecule has 3 heteroatoms. The minimum absolute atomic E-state index is 0.562. The Morgan fingerprint density at radius 3 is 3.07 bits per heavy atom. The maximum absolute atomic E-state index is 4.29. The van der Waals surface area contributed by atoms with Gasteiger partial charge in [0.1, 0.15) is 0 Å². The van der Waals surface area contributed by atoms with Crippen LogP contribution in [0.4, 0.5) is 0 Å². The van der Waals surface area contributed by atoms with Gasteiger partial charge < -0.3 is 9.88 Å². The summed E-state index contributed by atoms with van der Waals surface area (Å²) in [5.74, 6) is 1.01. The third-order valence-corrected chi connectivity index (χ3v) is 3.64. The molecule has 0 bridgehead atoms. The average molecular weight is 205 g/mol. The molecule has 15 heavy (non-hydrogen) atoms. The van der Waals surface area contributed by atoms with Gasteiger partial charge in [0.2, 0.25) is 0 Å². The molecule has 1 saturated heterocycles. The summed E-state index contributed by atoms with van der Waals surface area (Å²) in [7, 11) is 0. The molecule has 1 N–H and O–H groups in total. The number of aryl methyl sites for hydroxylation is 1. The molecule has 0 radical (unpaired) electrons. The number of aromatic nitrogens is 2. The van der Waals surface area contributed by atoms with Gasteiger partial charge >= 0.3 is 0 Å². The van der Waals surface area contributed by atoms with Crippen molar-refractivity contribution in [2.75, 3.05) is 6.54 Å². The molecular formula is C12H19N3. The lowest BCUT2D eigenvalue weighted by molar-refractivity contribution is 0.531. The maximum Gasteiger partial charge on any atom is 0.0948 e. The highest BCUT2D eigenvalue weighted by molar-refractivity contribution is 5.07. The molecule has 1 aliphatic carbocycles. The van der Waals surface area contributed by atoms with E-state index in [1.807, 2.05) is 12.5 Å². The van der Waals surface area contributed by atoms with Crippen LogP contribution in [0.15, 0.2) is 12.5 Å². The van der Waals surface area contributed by atoms with Crippen molar-refractivity contribution in [3.8, 4) is 0 Å². The zero-order chi connectivity index (χ0) is 10.1. The molecule has 1 aromatic rings. The SMILES string of the molecule is c1ncn(CCC2CC2)c1C1CCCN1. The number of hydrogen-bond donors (Lipinski definition) is 1. The van der Waals surface area contributed by atoms with E-state index in [9.17, 15) is 0 Å². The van der Waals surface area contributed by atoms with E-state index in [1.165, 1.54) is 44.3 Å². The van der Waals surface area contributed by atoms with E-state index in [2.05, 4.69) is 14.9 Å². The van der Waals surface area contributed by atoms with Gasteiger partial charge in [0.25, 0.3) is 0 Å². The first-order valence-electron chi connectivity index (χ1n) is 6.17. The fourth-order valence-corrected chi connectivity index (χ4v) is 2.47. The largest absolute Gasteiger partial charge is 0.333 e. The molecule has 0 amide bonds. The molecule has 1 aliphatic heterocycles. The Bertz CT molecular complexity index is 321. The molecule has 2 heterocycles. The van der Waals surface area contributed by atoms with Crippen molar-refractivity contribution in [2.24, 2.45) is 5.92 Å². The average Bonchev–Trinajstić information content (AvgIpc) is 2.79. The molecule has 2 fully saturated rings. The summed E-state index contributed by atoms with van der Waals surface area (Å²) in [6.45, 7) is 2.33. The summed E-state index contributed by atoms with van der Waals surface area (Å²) in [6.07, 6.45) is 10.9. The van der Waals surface area contributed by atoms with E-state index < -0.39 is 0 Å². The highest BCUT2D eigenvalue weighted by Gasteiger charge is 2.23. The number of imidazole rings is 1. The molecule has 1 saturated carbocycles. The van der Waals surface area contributed by atoms with Crippen LogP contribution in [0.1, 0.15) is 43.8 Å². The lowest BCUT2D eigenvalue weighted by Crippen LogP contribution is -2.17. The van der Waals surface area contributed by atoms with Gasteiger partial charge in [-0.25, -0.2) is 4.98 Å². The second-order valence-electron chi connectivity index (χ2n) is 4.89. The highest BCUT2D eigenvalue weighted by atomic mass is 15.1. The van der Waals surface area contributed by atoms with Crippen LogP contribution in [0, 0.1) is 5.92 Å². The van der Waals surface area contributed by atoms with Crippen molar-refractivity contribution in [2.45, 2.75) is 44.7 Å². The molecule has 82 valence electrons. The molecule has 0 aromatic carbocycles. The smallest absolute Gasteiger partial charge is 0.0948 e. The third-order valence-electron chi connectivity index (χ3n) is 3.64. The van der Waals surface area contributed by atoms with E-state index >= 15 is 0 Å². The molecule has 1 atom stereocenters. The van der Waals surface area contributed by atoms with Gasteiger partial charge in [-0.3, -0.25) is 0 Å². The monoisotopic (exact) mass is 205 g/mol. The Morgan fingerprint density at radius 2 is 2.33 bits per heavy atom. The summed E-state index contributed by atoms with van der Waals surface area (Å²) in [6, 6.07) is 0.562. The highest BCUT2D eigenvalue weighted by Crippen LogP contribution is 2.33.